The zero-order valence-electron chi connectivity index (χ0n) is 13.6. The minimum Gasteiger partial charge on any atom is -0.419 e. The fourth-order valence-corrected chi connectivity index (χ4v) is 2.12. The summed E-state index contributed by atoms with van der Waals surface area (Å²) in [6.07, 6.45) is 6.12. The van der Waals surface area contributed by atoms with Crippen molar-refractivity contribution in [2.24, 2.45) is 0 Å². The number of hydrogen-bond acceptors (Lipinski definition) is 6. The molecule has 0 N–H and O–H groups in total. The molecule has 2 aromatic rings. The van der Waals surface area contributed by atoms with Gasteiger partial charge in [0.05, 0.1) is 5.56 Å². The van der Waals surface area contributed by atoms with Crippen LogP contribution in [-0.4, -0.2) is 27.7 Å². The normalized spacial score (nSPS) is 15.5. The summed E-state index contributed by atoms with van der Waals surface area (Å²) in [5.41, 5.74) is 2.02. The van der Waals surface area contributed by atoms with E-state index in [1.807, 2.05) is 0 Å². The third kappa shape index (κ3) is 4.09. The van der Waals surface area contributed by atoms with Crippen molar-refractivity contribution in [3.05, 3.63) is 65.2 Å². The molecule has 0 atom stereocenters. The zero-order valence-corrected chi connectivity index (χ0v) is 13.6. The van der Waals surface area contributed by atoms with Crippen LogP contribution in [0.3, 0.4) is 0 Å². The lowest BCUT2D eigenvalue weighted by atomic mass is 10.1. The minimum atomic E-state index is -1.24. The number of carbonyl (C=O) groups is 2. The molecule has 1 aliphatic rings. The summed E-state index contributed by atoms with van der Waals surface area (Å²) in [6, 6.07) is 7.07. The average molecular weight is 334 g/mol. The number of rotatable bonds is 1. The molecule has 1 fully saturated rings. The van der Waals surface area contributed by atoms with Gasteiger partial charge in [-0.15, -0.1) is 0 Å². The van der Waals surface area contributed by atoms with Gasteiger partial charge in [-0.1, -0.05) is 24.0 Å². The lowest BCUT2D eigenvalue weighted by Gasteiger charge is -2.29. The number of nitrogens with zero attached hydrogens (tertiary/aromatic N) is 2. The van der Waals surface area contributed by atoms with Crippen molar-refractivity contribution in [3.63, 3.8) is 0 Å². The maximum absolute atomic E-state index is 11.9. The topological polar surface area (TPSA) is 78.4 Å². The monoisotopic (exact) mass is 334 g/mol. The van der Waals surface area contributed by atoms with Crippen LogP contribution < -0.4 is 0 Å². The fraction of sp³-hybridized carbons (Fsp3) is 0.158. The van der Waals surface area contributed by atoms with Crippen LogP contribution in [0.25, 0.3) is 6.08 Å². The minimum absolute atomic E-state index is 0.139. The van der Waals surface area contributed by atoms with E-state index in [0.717, 1.165) is 5.56 Å². The van der Waals surface area contributed by atoms with Gasteiger partial charge in [0.1, 0.15) is 11.9 Å². The molecule has 0 amide bonds. The van der Waals surface area contributed by atoms with Crippen LogP contribution >= 0.6 is 0 Å². The molecule has 1 aliphatic heterocycles. The van der Waals surface area contributed by atoms with Crippen LogP contribution in [0, 0.1) is 11.8 Å². The first-order valence-corrected chi connectivity index (χ1v) is 7.48. The fourth-order valence-electron chi connectivity index (χ4n) is 2.12. The van der Waals surface area contributed by atoms with E-state index in [2.05, 4.69) is 21.8 Å². The van der Waals surface area contributed by atoms with Crippen molar-refractivity contribution in [3.8, 4) is 11.8 Å². The van der Waals surface area contributed by atoms with Crippen LogP contribution in [0.2, 0.25) is 0 Å². The lowest BCUT2D eigenvalue weighted by Crippen LogP contribution is -2.41. The largest absolute Gasteiger partial charge is 0.419 e. The molecule has 3 rings (SSSR count). The van der Waals surface area contributed by atoms with Gasteiger partial charge >= 0.3 is 11.9 Å². The summed E-state index contributed by atoms with van der Waals surface area (Å²) in [5.74, 6) is 3.29. The summed E-state index contributed by atoms with van der Waals surface area (Å²) in [7, 11) is 0. The Bertz CT molecular complexity index is 882. The van der Waals surface area contributed by atoms with Gasteiger partial charge in [-0.05, 0) is 23.8 Å². The highest BCUT2D eigenvalue weighted by molar-refractivity contribution is 6.18. The Morgan fingerprint density at radius 1 is 0.920 bits per heavy atom. The first kappa shape index (κ1) is 16.4. The molecule has 6 heteroatoms. The van der Waals surface area contributed by atoms with E-state index >= 15 is 0 Å². The van der Waals surface area contributed by atoms with Gasteiger partial charge in [-0.2, -0.15) is 0 Å². The molecule has 25 heavy (non-hydrogen) atoms. The molecule has 0 spiro atoms. The van der Waals surface area contributed by atoms with E-state index in [4.69, 9.17) is 9.47 Å². The molecule has 2 heterocycles. The molecule has 1 aromatic heterocycles. The molecule has 124 valence electrons. The number of benzene rings is 1. The SMILES string of the molecule is CC1(C)OC(=O)C(=Cc2ccc(C#Cc3cncnc3)cc2)C(=O)O1. The van der Waals surface area contributed by atoms with E-state index in [-0.39, 0.29) is 5.57 Å². The number of aromatic nitrogens is 2. The van der Waals surface area contributed by atoms with Crippen molar-refractivity contribution < 1.29 is 19.1 Å². The lowest BCUT2D eigenvalue weighted by molar-refractivity contribution is -0.222. The highest BCUT2D eigenvalue weighted by atomic mass is 16.7. The maximum Gasteiger partial charge on any atom is 0.348 e. The number of carbonyl (C=O) groups excluding carboxylic acids is 2. The molecule has 0 saturated carbocycles. The second kappa shape index (κ2) is 6.57. The Labute approximate surface area is 144 Å². The molecule has 6 nitrogen and oxygen atoms in total. The highest BCUT2D eigenvalue weighted by Gasteiger charge is 2.38. The summed E-state index contributed by atoms with van der Waals surface area (Å²) < 4.78 is 10.1. The molecule has 0 bridgehead atoms. The molecular weight excluding hydrogens is 320 g/mol. The molecule has 0 radical (unpaired) electrons. The molecule has 0 aliphatic carbocycles. The Balaban J connectivity index is 1.78. The first-order valence-electron chi connectivity index (χ1n) is 7.48. The molecule has 1 aromatic carbocycles. The van der Waals surface area contributed by atoms with Crippen LogP contribution in [0.4, 0.5) is 0 Å². The molecule has 1 saturated heterocycles. The van der Waals surface area contributed by atoms with E-state index in [1.165, 1.54) is 26.3 Å². The van der Waals surface area contributed by atoms with Gasteiger partial charge in [0.2, 0.25) is 0 Å². The smallest absolute Gasteiger partial charge is 0.348 e. The van der Waals surface area contributed by atoms with Gasteiger partial charge in [0.15, 0.2) is 0 Å². The van der Waals surface area contributed by atoms with E-state index in [9.17, 15) is 9.59 Å². The predicted molar refractivity (Wildman–Crippen MR) is 88.7 cm³/mol. The Kier molecular flexibility index (Phi) is 4.31. The summed E-state index contributed by atoms with van der Waals surface area (Å²) in [5, 5.41) is 0. The van der Waals surface area contributed by atoms with E-state index in [0.29, 0.717) is 11.1 Å². The van der Waals surface area contributed by atoms with Crippen molar-refractivity contribution in [2.75, 3.05) is 0 Å². The second-order valence-corrected chi connectivity index (χ2v) is 5.74. The van der Waals surface area contributed by atoms with Crippen molar-refractivity contribution in [1.82, 2.24) is 9.97 Å². The Hall–Kier alpha value is -3.46. The van der Waals surface area contributed by atoms with Gasteiger partial charge in [0.25, 0.3) is 5.79 Å². The van der Waals surface area contributed by atoms with Gasteiger partial charge < -0.3 is 9.47 Å². The van der Waals surface area contributed by atoms with Crippen LogP contribution in [0.1, 0.15) is 30.5 Å². The standard InChI is InChI=1S/C19H14N2O4/c1-19(2)24-17(22)16(18(23)25-19)9-14-6-3-13(4-7-14)5-8-15-10-20-12-21-11-15/h3-4,6-7,9-12H,1-2H3. The second-order valence-electron chi connectivity index (χ2n) is 5.74. The number of hydrogen-bond donors (Lipinski definition) is 0. The number of cyclic esters (lactones) is 2. The summed E-state index contributed by atoms with van der Waals surface area (Å²) in [4.78, 5) is 31.6. The van der Waals surface area contributed by atoms with Gasteiger partial charge in [0, 0.05) is 31.8 Å². The van der Waals surface area contributed by atoms with Crippen LogP contribution in [0.15, 0.2) is 48.6 Å². The third-order valence-corrected chi connectivity index (χ3v) is 3.25. The van der Waals surface area contributed by atoms with Crippen molar-refractivity contribution >= 4 is 18.0 Å². The van der Waals surface area contributed by atoms with Crippen molar-refractivity contribution in [1.29, 1.82) is 0 Å². The van der Waals surface area contributed by atoms with Crippen LogP contribution in [0.5, 0.6) is 0 Å². The summed E-state index contributed by atoms with van der Waals surface area (Å²) >= 11 is 0. The Morgan fingerprint density at radius 3 is 2.08 bits per heavy atom. The quantitative estimate of drug-likeness (QED) is 0.344. The summed E-state index contributed by atoms with van der Waals surface area (Å²) in [6.45, 7) is 3.01. The highest BCUT2D eigenvalue weighted by Crippen LogP contribution is 2.24. The van der Waals surface area contributed by atoms with Crippen molar-refractivity contribution in [2.45, 2.75) is 19.6 Å². The van der Waals surface area contributed by atoms with E-state index in [1.54, 1.807) is 36.7 Å². The number of esters is 2. The van der Waals surface area contributed by atoms with E-state index < -0.39 is 17.7 Å². The molecular formula is C19H14N2O4. The van der Waals surface area contributed by atoms with Crippen LogP contribution in [-0.2, 0) is 19.1 Å². The van der Waals surface area contributed by atoms with Gasteiger partial charge in [-0.25, -0.2) is 19.6 Å². The predicted octanol–water partition coefficient (Wildman–Crippen LogP) is 2.10. The third-order valence-electron chi connectivity index (χ3n) is 3.25. The number of ether oxygens (including phenoxy) is 2. The molecule has 0 unspecified atom stereocenters. The van der Waals surface area contributed by atoms with Gasteiger partial charge in [-0.3, -0.25) is 0 Å². The Morgan fingerprint density at radius 2 is 1.48 bits per heavy atom. The zero-order chi connectivity index (χ0) is 17.9. The maximum atomic E-state index is 11.9. The first-order chi connectivity index (χ1) is 11.9. The average Bonchev–Trinajstić information content (AvgIpc) is 2.57.